The van der Waals surface area contributed by atoms with Gasteiger partial charge in [0.1, 0.15) is 11.5 Å². The molecule has 0 aliphatic carbocycles. The summed E-state index contributed by atoms with van der Waals surface area (Å²) in [6.07, 6.45) is 2.70. The Morgan fingerprint density at radius 1 is 1.31 bits per heavy atom. The number of para-hydroxylation sites is 1. The molecule has 0 bridgehead atoms. The van der Waals surface area contributed by atoms with E-state index in [1.54, 1.807) is 14.2 Å². The van der Waals surface area contributed by atoms with E-state index in [1.165, 1.54) is 0 Å². The van der Waals surface area contributed by atoms with E-state index < -0.39 is 0 Å². The summed E-state index contributed by atoms with van der Waals surface area (Å²) in [4.78, 5) is 19.6. The topological polar surface area (TPSA) is 64.8 Å². The predicted molar refractivity (Wildman–Crippen MR) is 112 cm³/mol. The van der Waals surface area contributed by atoms with Crippen molar-refractivity contribution >= 4 is 5.78 Å². The van der Waals surface area contributed by atoms with Crippen LogP contribution < -0.4 is 9.47 Å². The first-order valence-electron chi connectivity index (χ1n) is 10.4. The molecule has 1 fully saturated rings. The summed E-state index contributed by atoms with van der Waals surface area (Å²) in [5, 5.41) is 0. The number of benzene rings is 1. The highest BCUT2D eigenvalue weighted by atomic mass is 16.5. The maximum absolute atomic E-state index is 12.5. The summed E-state index contributed by atoms with van der Waals surface area (Å²) in [6.45, 7) is 8.61. The molecule has 6 nitrogen and oxygen atoms in total. The molecule has 1 aliphatic heterocycles. The summed E-state index contributed by atoms with van der Waals surface area (Å²) in [5.74, 6) is 3.51. The van der Waals surface area contributed by atoms with Crippen LogP contribution in [0.25, 0.3) is 11.5 Å². The molecule has 0 amide bonds. The molecular formula is C23H32N2O4. The molecule has 3 rings (SSSR count). The Morgan fingerprint density at radius 2 is 2.10 bits per heavy atom. The Kier molecular flexibility index (Phi) is 6.96. The van der Waals surface area contributed by atoms with Crippen molar-refractivity contribution < 1.29 is 18.7 Å². The average molecular weight is 401 g/mol. The second-order valence-electron chi connectivity index (χ2n) is 8.20. The Bertz CT molecular complexity index is 843. The average Bonchev–Trinajstić information content (AvgIpc) is 3.07. The van der Waals surface area contributed by atoms with E-state index in [0.29, 0.717) is 42.1 Å². The van der Waals surface area contributed by atoms with E-state index in [9.17, 15) is 4.79 Å². The van der Waals surface area contributed by atoms with Gasteiger partial charge in [0.05, 0.1) is 25.5 Å². The van der Waals surface area contributed by atoms with Gasteiger partial charge in [0.15, 0.2) is 11.5 Å². The van der Waals surface area contributed by atoms with Crippen molar-refractivity contribution in [2.75, 3.05) is 27.3 Å². The first kappa shape index (κ1) is 21.4. The Labute approximate surface area is 173 Å². The van der Waals surface area contributed by atoms with Gasteiger partial charge in [-0.15, -0.1) is 0 Å². The van der Waals surface area contributed by atoms with Gasteiger partial charge < -0.3 is 13.9 Å². The van der Waals surface area contributed by atoms with Crippen LogP contribution in [0, 0.1) is 18.8 Å². The highest BCUT2D eigenvalue weighted by Crippen LogP contribution is 2.38. The number of aromatic nitrogens is 1. The fourth-order valence-corrected chi connectivity index (χ4v) is 3.99. The van der Waals surface area contributed by atoms with Crippen molar-refractivity contribution in [1.29, 1.82) is 0 Å². The maximum Gasteiger partial charge on any atom is 0.230 e. The molecule has 1 saturated heterocycles. The quantitative estimate of drug-likeness (QED) is 0.650. The van der Waals surface area contributed by atoms with Gasteiger partial charge in [0.25, 0.3) is 0 Å². The molecule has 1 aliphatic rings. The number of carbonyl (C=O) groups is 1. The predicted octanol–water partition coefficient (Wildman–Crippen LogP) is 4.49. The van der Waals surface area contributed by atoms with E-state index in [2.05, 4.69) is 18.7 Å². The standard InChI is InChI=1S/C23H32N2O4/c1-15(2)12-20(26)17-8-7-11-25(13-17)14-19-16(3)29-23(24-19)18-9-6-10-21(27-4)22(18)28-5/h6,9-10,15,17H,7-8,11-14H2,1-5H3. The van der Waals surface area contributed by atoms with Crippen molar-refractivity contribution in [2.24, 2.45) is 11.8 Å². The van der Waals surface area contributed by atoms with Gasteiger partial charge in [-0.3, -0.25) is 9.69 Å². The number of Topliss-reactive ketones (excluding diaryl/α,β-unsaturated/α-hetero) is 1. The number of hydrogen-bond donors (Lipinski definition) is 0. The Balaban J connectivity index is 1.75. The largest absolute Gasteiger partial charge is 0.493 e. The highest BCUT2D eigenvalue weighted by molar-refractivity contribution is 5.81. The lowest BCUT2D eigenvalue weighted by Crippen LogP contribution is -2.38. The summed E-state index contributed by atoms with van der Waals surface area (Å²) < 4.78 is 16.9. The smallest absolute Gasteiger partial charge is 0.230 e. The van der Waals surface area contributed by atoms with Crippen molar-refractivity contribution in [3.8, 4) is 23.0 Å². The molecular weight excluding hydrogens is 368 g/mol. The molecule has 0 spiro atoms. The lowest BCUT2D eigenvalue weighted by molar-refractivity contribution is -0.125. The number of carbonyl (C=O) groups excluding carboxylic acids is 1. The first-order chi connectivity index (χ1) is 13.9. The van der Waals surface area contributed by atoms with Crippen molar-refractivity contribution in [2.45, 2.75) is 46.6 Å². The normalized spacial score (nSPS) is 17.5. The third kappa shape index (κ3) is 4.99. The Hall–Kier alpha value is -2.34. The van der Waals surface area contributed by atoms with Gasteiger partial charge in [-0.1, -0.05) is 19.9 Å². The number of ether oxygens (including phenoxy) is 2. The molecule has 1 atom stereocenters. The van der Waals surface area contributed by atoms with Gasteiger partial charge in [-0.25, -0.2) is 4.98 Å². The number of methoxy groups -OCH3 is 2. The minimum atomic E-state index is 0.135. The number of ketones is 1. The minimum Gasteiger partial charge on any atom is -0.493 e. The van der Waals surface area contributed by atoms with Crippen LogP contribution >= 0.6 is 0 Å². The fourth-order valence-electron chi connectivity index (χ4n) is 3.99. The molecule has 1 unspecified atom stereocenters. The molecule has 2 heterocycles. The van der Waals surface area contributed by atoms with Gasteiger partial charge >= 0.3 is 0 Å². The second kappa shape index (κ2) is 9.44. The molecule has 6 heteroatoms. The summed E-state index contributed by atoms with van der Waals surface area (Å²) in [5.41, 5.74) is 1.67. The zero-order valence-corrected chi connectivity index (χ0v) is 18.2. The van der Waals surface area contributed by atoms with Crippen LogP contribution in [0.1, 0.15) is 44.6 Å². The minimum absolute atomic E-state index is 0.135. The lowest BCUT2D eigenvalue weighted by atomic mass is 9.89. The maximum atomic E-state index is 12.5. The van der Waals surface area contributed by atoms with E-state index in [1.807, 2.05) is 25.1 Å². The number of oxazole rings is 1. The third-order valence-electron chi connectivity index (χ3n) is 5.47. The molecule has 1 aromatic heterocycles. The zero-order valence-electron chi connectivity index (χ0n) is 18.2. The van der Waals surface area contributed by atoms with Crippen molar-refractivity contribution in [3.05, 3.63) is 29.7 Å². The molecule has 0 radical (unpaired) electrons. The van der Waals surface area contributed by atoms with Crippen LogP contribution in [0.3, 0.4) is 0 Å². The number of likely N-dealkylation sites (tertiary alicyclic amines) is 1. The molecule has 0 saturated carbocycles. The molecule has 29 heavy (non-hydrogen) atoms. The fraction of sp³-hybridized carbons (Fsp3) is 0.565. The van der Waals surface area contributed by atoms with E-state index in [-0.39, 0.29) is 5.92 Å². The van der Waals surface area contributed by atoms with E-state index in [0.717, 1.165) is 42.9 Å². The first-order valence-corrected chi connectivity index (χ1v) is 10.4. The monoisotopic (exact) mass is 400 g/mol. The lowest BCUT2D eigenvalue weighted by Gasteiger charge is -2.31. The summed E-state index contributed by atoms with van der Waals surface area (Å²) in [7, 11) is 3.22. The number of nitrogens with zero attached hydrogens (tertiary/aromatic N) is 2. The van der Waals surface area contributed by atoms with Crippen LogP contribution in [-0.2, 0) is 11.3 Å². The highest BCUT2D eigenvalue weighted by Gasteiger charge is 2.27. The molecule has 158 valence electrons. The number of aryl methyl sites for hydroxylation is 1. The SMILES string of the molecule is COc1cccc(-c2nc(CN3CCCC(C(=O)CC(C)C)C3)c(C)o2)c1OC. The van der Waals surface area contributed by atoms with Gasteiger partial charge in [0, 0.05) is 25.4 Å². The molecule has 2 aromatic rings. The van der Waals surface area contributed by atoms with Crippen LogP contribution in [0.4, 0.5) is 0 Å². The van der Waals surface area contributed by atoms with E-state index >= 15 is 0 Å². The van der Waals surface area contributed by atoms with Gasteiger partial charge in [-0.05, 0) is 44.4 Å². The number of piperidine rings is 1. The second-order valence-corrected chi connectivity index (χ2v) is 8.20. The van der Waals surface area contributed by atoms with Crippen molar-refractivity contribution in [3.63, 3.8) is 0 Å². The van der Waals surface area contributed by atoms with Gasteiger partial charge in [-0.2, -0.15) is 0 Å². The molecule has 1 aromatic carbocycles. The van der Waals surface area contributed by atoms with E-state index in [4.69, 9.17) is 18.9 Å². The van der Waals surface area contributed by atoms with Gasteiger partial charge in [0.2, 0.25) is 5.89 Å². The van der Waals surface area contributed by atoms with Crippen LogP contribution in [0.2, 0.25) is 0 Å². The van der Waals surface area contributed by atoms with Crippen LogP contribution in [0.15, 0.2) is 22.6 Å². The van der Waals surface area contributed by atoms with Crippen LogP contribution in [-0.4, -0.2) is 43.0 Å². The Morgan fingerprint density at radius 3 is 2.79 bits per heavy atom. The van der Waals surface area contributed by atoms with Crippen molar-refractivity contribution in [1.82, 2.24) is 9.88 Å². The zero-order chi connectivity index (χ0) is 21.0. The third-order valence-corrected chi connectivity index (χ3v) is 5.47. The summed E-state index contributed by atoms with van der Waals surface area (Å²) >= 11 is 0. The molecule has 0 N–H and O–H groups in total. The van der Waals surface area contributed by atoms with Crippen LogP contribution in [0.5, 0.6) is 11.5 Å². The summed E-state index contributed by atoms with van der Waals surface area (Å²) in [6, 6.07) is 5.66. The number of hydrogen-bond acceptors (Lipinski definition) is 6. The number of rotatable bonds is 8.